The van der Waals surface area contributed by atoms with Crippen molar-refractivity contribution in [3.63, 3.8) is 0 Å². The average molecular weight is 328 g/mol. The van der Waals surface area contributed by atoms with E-state index in [9.17, 15) is 5.11 Å². The molecule has 6 heteroatoms. The normalized spacial score (nSPS) is 12.7. The van der Waals surface area contributed by atoms with Crippen molar-refractivity contribution in [2.75, 3.05) is 13.2 Å². The van der Waals surface area contributed by atoms with Gasteiger partial charge in [0.05, 0.1) is 24.5 Å². The van der Waals surface area contributed by atoms with E-state index in [2.05, 4.69) is 39.0 Å². The van der Waals surface area contributed by atoms with Gasteiger partial charge < -0.3 is 5.11 Å². The quantitative estimate of drug-likeness (QED) is 0.724. The molecule has 0 saturated heterocycles. The number of benzene rings is 1. The maximum Gasteiger partial charge on any atom is 0.100 e. The molecule has 3 aromatic rings. The number of rotatable bonds is 7. The Balaban J connectivity index is 1.77. The van der Waals surface area contributed by atoms with Crippen LogP contribution in [0.4, 0.5) is 0 Å². The number of aliphatic hydroxyl groups is 1. The monoisotopic (exact) mass is 328 g/mol. The highest BCUT2D eigenvalue weighted by molar-refractivity contribution is 7.07. The van der Waals surface area contributed by atoms with Crippen molar-refractivity contribution in [1.82, 2.24) is 19.9 Å². The Hall–Kier alpha value is -2.02. The zero-order valence-electron chi connectivity index (χ0n) is 13.0. The Bertz CT molecular complexity index is 711. The van der Waals surface area contributed by atoms with Gasteiger partial charge in [0.25, 0.3) is 0 Å². The first-order chi connectivity index (χ1) is 11.3. The highest BCUT2D eigenvalue weighted by Crippen LogP contribution is 2.21. The fourth-order valence-corrected chi connectivity index (χ4v) is 3.18. The summed E-state index contributed by atoms with van der Waals surface area (Å²) >= 11 is 1.69. The van der Waals surface area contributed by atoms with Gasteiger partial charge in [-0.05, 0) is 41.4 Å². The smallest absolute Gasteiger partial charge is 0.100 e. The molecule has 2 aromatic heterocycles. The second-order valence-corrected chi connectivity index (χ2v) is 6.21. The summed E-state index contributed by atoms with van der Waals surface area (Å²) in [5.74, 6) is 0. The maximum atomic E-state index is 9.36. The van der Waals surface area contributed by atoms with Gasteiger partial charge in [0.2, 0.25) is 0 Å². The average Bonchev–Trinajstić information content (AvgIpc) is 3.26. The highest BCUT2D eigenvalue weighted by Gasteiger charge is 2.19. The molecule has 5 nitrogen and oxygen atoms in total. The van der Waals surface area contributed by atoms with Crippen molar-refractivity contribution in [1.29, 1.82) is 0 Å². The number of hydrogen-bond acceptors (Lipinski definition) is 5. The van der Waals surface area contributed by atoms with Crippen LogP contribution in [0.5, 0.6) is 0 Å². The first kappa shape index (κ1) is 15.9. The first-order valence-electron chi connectivity index (χ1n) is 7.61. The molecular formula is C17H20N4OS. The molecule has 0 aliphatic rings. The summed E-state index contributed by atoms with van der Waals surface area (Å²) in [5.41, 5.74) is 3.15. The maximum absolute atomic E-state index is 9.36. The molecule has 120 valence electrons. The number of hydrogen-bond donors (Lipinski definition) is 1. The molecule has 0 aliphatic carbocycles. The number of para-hydroxylation sites is 1. The number of aromatic nitrogens is 3. The molecule has 2 heterocycles. The van der Waals surface area contributed by atoms with Crippen molar-refractivity contribution < 1.29 is 5.11 Å². The number of nitrogens with zero attached hydrogens (tertiary/aromatic N) is 4. The third-order valence-corrected chi connectivity index (χ3v) is 4.59. The van der Waals surface area contributed by atoms with Gasteiger partial charge in [-0.25, -0.2) is 4.68 Å². The van der Waals surface area contributed by atoms with E-state index in [0.29, 0.717) is 6.54 Å². The minimum Gasteiger partial charge on any atom is -0.395 e. The summed E-state index contributed by atoms with van der Waals surface area (Å²) in [6.45, 7) is 3.63. The van der Waals surface area contributed by atoms with Gasteiger partial charge in [-0.3, -0.25) is 4.90 Å². The minimum atomic E-state index is 0.0829. The highest BCUT2D eigenvalue weighted by atomic mass is 32.1. The van der Waals surface area contributed by atoms with E-state index in [1.807, 2.05) is 36.5 Å². The summed E-state index contributed by atoms with van der Waals surface area (Å²) < 4.78 is 1.79. The first-order valence-corrected chi connectivity index (χ1v) is 8.56. The molecule has 0 fully saturated rings. The molecule has 3 rings (SSSR count). The Kier molecular flexibility index (Phi) is 5.17. The summed E-state index contributed by atoms with van der Waals surface area (Å²) in [6, 6.07) is 12.1. The van der Waals surface area contributed by atoms with E-state index >= 15 is 0 Å². The third kappa shape index (κ3) is 3.85. The molecule has 0 spiro atoms. The predicted molar refractivity (Wildman–Crippen MR) is 91.6 cm³/mol. The standard InChI is InChI=1S/C17H20N4OS/c1-14(20(8-9-22)11-15-7-10-23-13-15)17-12-21(19-18-17)16-5-3-2-4-6-16/h2-7,10,12-14,22H,8-9,11H2,1H3. The molecule has 1 atom stereocenters. The lowest BCUT2D eigenvalue weighted by Gasteiger charge is -2.26. The van der Waals surface area contributed by atoms with Gasteiger partial charge in [-0.15, -0.1) is 5.10 Å². The molecule has 0 aliphatic heterocycles. The van der Waals surface area contributed by atoms with Crippen molar-refractivity contribution in [3.8, 4) is 5.69 Å². The molecule has 1 aromatic carbocycles. The lowest BCUT2D eigenvalue weighted by Crippen LogP contribution is -2.29. The molecular weight excluding hydrogens is 308 g/mol. The van der Waals surface area contributed by atoms with E-state index in [0.717, 1.165) is 17.9 Å². The molecule has 0 saturated carbocycles. The van der Waals surface area contributed by atoms with Crippen LogP contribution >= 0.6 is 11.3 Å². The Labute approximate surface area is 139 Å². The SMILES string of the molecule is CC(c1cn(-c2ccccc2)nn1)N(CCO)Cc1ccsc1. The second kappa shape index (κ2) is 7.50. The van der Waals surface area contributed by atoms with E-state index in [4.69, 9.17) is 0 Å². The Morgan fingerprint density at radius 2 is 2.09 bits per heavy atom. The zero-order valence-corrected chi connectivity index (χ0v) is 13.9. The molecule has 1 N–H and O–H groups in total. The third-order valence-electron chi connectivity index (χ3n) is 3.86. The van der Waals surface area contributed by atoms with Crippen LogP contribution in [0.3, 0.4) is 0 Å². The Morgan fingerprint density at radius 3 is 2.78 bits per heavy atom. The topological polar surface area (TPSA) is 54.2 Å². The van der Waals surface area contributed by atoms with E-state index < -0.39 is 0 Å². The minimum absolute atomic E-state index is 0.0829. The molecule has 23 heavy (non-hydrogen) atoms. The van der Waals surface area contributed by atoms with Crippen LogP contribution in [0.25, 0.3) is 5.69 Å². The van der Waals surface area contributed by atoms with Gasteiger partial charge in [0.15, 0.2) is 0 Å². The number of aliphatic hydroxyl groups excluding tert-OH is 1. The van der Waals surface area contributed by atoms with Crippen molar-refractivity contribution in [2.45, 2.75) is 19.5 Å². The van der Waals surface area contributed by atoms with Crippen LogP contribution in [0, 0.1) is 0 Å². The predicted octanol–water partition coefficient (Wildman–Crippen LogP) is 2.88. The van der Waals surface area contributed by atoms with Gasteiger partial charge in [0, 0.05) is 13.1 Å². The Morgan fingerprint density at radius 1 is 1.26 bits per heavy atom. The van der Waals surface area contributed by atoms with Crippen LogP contribution in [0.15, 0.2) is 53.4 Å². The van der Waals surface area contributed by atoms with Crippen LogP contribution in [0.2, 0.25) is 0 Å². The van der Waals surface area contributed by atoms with Crippen molar-refractivity contribution in [3.05, 3.63) is 64.6 Å². The van der Waals surface area contributed by atoms with Gasteiger partial charge in [-0.1, -0.05) is 23.4 Å². The van der Waals surface area contributed by atoms with Crippen molar-refractivity contribution in [2.24, 2.45) is 0 Å². The van der Waals surface area contributed by atoms with E-state index in [1.54, 1.807) is 16.0 Å². The van der Waals surface area contributed by atoms with Crippen LogP contribution in [-0.2, 0) is 6.54 Å². The summed E-state index contributed by atoms with van der Waals surface area (Å²) in [5, 5.41) is 22.1. The van der Waals surface area contributed by atoms with Crippen LogP contribution < -0.4 is 0 Å². The molecule has 1 unspecified atom stereocenters. The second-order valence-electron chi connectivity index (χ2n) is 5.43. The van der Waals surface area contributed by atoms with E-state index in [-0.39, 0.29) is 12.6 Å². The number of thiophene rings is 1. The fraction of sp³-hybridized carbons (Fsp3) is 0.294. The van der Waals surface area contributed by atoms with Crippen LogP contribution in [-0.4, -0.2) is 38.2 Å². The molecule has 0 radical (unpaired) electrons. The molecule has 0 bridgehead atoms. The van der Waals surface area contributed by atoms with Gasteiger partial charge >= 0.3 is 0 Å². The summed E-state index contributed by atoms with van der Waals surface area (Å²) in [7, 11) is 0. The van der Waals surface area contributed by atoms with Gasteiger partial charge in [-0.2, -0.15) is 11.3 Å². The fourth-order valence-electron chi connectivity index (χ4n) is 2.52. The summed E-state index contributed by atoms with van der Waals surface area (Å²) in [6.07, 6.45) is 1.96. The van der Waals surface area contributed by atoms with Crippen molar-refractivity contribution >= 4 is 11.3 Å². The van der Waals surface area contributed by atoms with E-state index in [1.165, 1.54) is 5.56 Å². The zero-order chi connectivity index (χ0) is 16.1. The lowest BCUT2D eigenvalue weighted by molar-refractivity contribution is 0.149. The largest absolute Gasteiger partial charge is 0.395 e. The molecule has 0 amide bonds. The van der Waals surface area contributed by atoms with Crippen LogP contribution in [0.1, 0.15) is 24.2 Å². The van der Waals surface area contributed by atoms with Gasteiger partial charge in [0.1, 0.15) is 5.69 Å². The lowest BCUT2D eigenvalue weighted by atomic mass is 10.2. The summed E-state index contributed by atoms with van der Waals surface area (Å²) in [4.78, 5) is 2.21.